The Labute approximate surface area is 171 Å². The molecule has 1 aliphatic heterocycles. The molecule has 4 rings (SSSR count). The predicted octanol–water partition coefficient (Wildman–Crippen LogP) is 6.84. The monoisotopic (exact) mass is 438 g/mol. The van der Waals surface area contributed by atoms with E-state index in [9.17, 15) is 0 Å². The van der Waals surface area contributed by atoms with E-state index in [2.05, 4.69) is 73.1 Å². The summed E-state index contributed by atoms with van der Waals surface area (Å²) >= 11 is 5.25. The summed E-state index contributed by atoms with van der Waals surface area (Å²) in [5, 5.41) is 8.80. The lowest BCUT2D eigenvalue weighted by Gasteiger charge is -2.14. The van der Waals surface area contributed by atoms with Gasteiger partial charge in [-0.2, -0.15) is 4.98 Å². The third kappa shape index (κ3) is 4.51. The van der Waals surface area contributed by atoms with E-state index in [1.165, 1.54) is 10.5 Å². The van der Waals surface area contributed by atoms with Gasteiger partial charge >= 0.3 is 0 Å². The van der Waals surface area contributed by atoms with Crippen LogP contribution in [0.5, 0.6) is 0 Å². The fourth-order valence-electron chi connectivity index (χ4n) is 2.96. The van der Waals surface area contributed by atoms with Crippen molar-refractivity contribution in [1.29, 1.82) is 0 Å². The number of nitrogens with one attached hydrogen (secondary N) is 2. The molecule has 2 N–H and O–H groups in total. The van der Waals surface area contributed by atoms with Crippen LogP contribution in [0.3, 0.4) is 0 Å². The second kappa shape index (κ2) is 8.15. The highest BCUT2D eigenvalue weighted by Gasteiger charge is 2.13. The topological polar surface area (TPSA) is 49.8 Å². The summed E-state index contributed by atoms with van der Waals surface area (Å²) in [5.41, 5.74) is 3.36. The molecule has 0 radical (unpaired) electrons. The van der Waals surface area contributed by atoms with E-state index in [0.717, 1.165) is 28.1 Å². The molecule has 1 aromatic heterocycles. The van der Waals surface area contributed by atoms with Crippen LogP contribution in [0.4, 0.5) is 23.1 Å². The van der Waals surface area contributed by atoms with Gasteiger partial charge in [0.05, 0.1) is 0 Å². The van der Waals surface area contributed by atoms with Gasteiger partial charge in [0.1, 0.15) is 5.82 Å². The Morgan fingerprint density at radius 2 is 1.96 bits per heavy atom. The molecule has 27 heavy (non-hydrogen) atoms. The van der Waals surface area contributed by atoms with Gasteiger partial charge in [-0.3, -0.25) is 0 Å². The quantitative estimate of drug-likeness (QED) is 0.466. The molecule has 3 aromatic rings. The molecule has 136 valence electrons. The van der Waals surface area contributed by atoms with E-state index in [1.54, 1.807) is 18.0 Å². The molecule has 2 aromatic carbocycles. The maximum absolute atomic E-state index is 4.57. The minimum absolute atomic E-state index is 0.542. The van der Waals surface area contributed by atoms with E-state index >= 15 is 0 Å². The van der Waals surface area contributed by atoms with Gasteiger partial charge in [-0.15, -0.1) is 0 Å². The fraction of sp³-hybridized carbons (Fsp3) is 0.143. The van der Waals surface area contributed by atoms with E-state index < -0.39 is 0 Å². The van der Waals surface area contributed by atoms with Crippen molar-refractivity contribution in [3.63, 3.8) is 0 Å². The molecule has 0 spiro atoms. The molecule has 1 atom stereocenters. The standard InChI is InChI=1S/C21H19BrN4S/c1-14-4-3-11-27-19-13-17(7-8-18(14)19)24-20-9-10-23-21(26-20)25-16-6-2-5-15(22)12-16/h2-3,5-14H,4H2,1H3,(H2,23,24,25,26). The van der Waals surface area contributed by atoms with Crippen LogP contribution in [0.1, 0.15) is 24.8 Å². The molecule has 0 bridgehead atoms. The van der Waals surface area contributed by atoms with Gasteiger partial charge in [-0.25, -0.2) is 4.98 Å². The van der Waals surface area contributed by atoms with Crippen molar-refractivity contribution >= 4 is 50.8 Å². The van der Waals surface area contributed by atoms with Crippen molar-refractivity contribution in [2.45, 2.75) is 24.2 Å². The first-order valence-electron chi connectivity index (χ1n) is 8.76. The van der Waals surface area contributed by atoms with Gasteiger partial charge in [0.25, 0.3) is 0 Å². The molecule has 6 heteroatoms. The number of hydrogen-bond donors (Lipinski definition) is 2. The van der Waals surface area contributed by atoms with Gasteiger partial charge < -0.3 is 10.6 Å². The zero-order chi connectivity index (χ0) is 18.6. The number of rotatable bonds is 4. The van der Waals surface area contributed by atoms with Crippen molar-refractivity contribution in [2.75, 3.05) is 10.6 Å². The van der Waals surface area contributed by atoms with Crippen LogP contribution in [0.25, 0.3) is 0 Å². The highest BCUT2D eigenvalue weighted by molar-refractivity contribution is 9.10. The largest absolute Gasteiger partial charge is 0.340 e. The molecule has 4 nitrogen and oxygen atoms in total. The zero-order valence-electron chi connectivity index (χ0n) is 14.8. The summed E-state index contributed by atoms with van der Waals surface area (Å²) in [6.07, 6.45) is 5.08. The highest BCUT2D eigenvalue weighted by Crippen LogP contribution is 2.36. The molecule has 0 saturated heterocycles. The Hall–Kier alpha value is -2.31. The Kier molecular flexibility index (Phi) is 5.45. The number of halogens is 1. The van der Waals surface area contributed by atoms with Crippen LogP contribution in [-0.2, 0) is 0 Å². The minimum Gasteiger partial charge on any atom is -0.340 e. The molecule has 0 fully saturated rings. The number of thioether (sulfide) groups is 1. The Morgan fingerprint density at radius 3 is 2.85 bits per heavy atom. The average Bonchev–Trinajstić information content (AvgIpc) is 2.83. The first-order valence-corrected chi connectivity index (χ1v) is 10.4. The molecular formula is C21H19BrN4S. The molecule has 1 unspecified atom stereocenters. The number of benzene rings is 2. The van der Waals surface area contributed by atoms with Crippen LogP contribution < -0.4 is 10.6 Å². The first kappa shape index (κ1) is 18.1. The summed E-state index contributed by atoms with van der Waals surface area (Å²) in [7, 11) is 0. The van der Waals surface area contributed by atoms with Crippen LogP contribution in [0.15, 0.2) is 75.6 Å². The van der Waals surface area contributed by atoms with Crippen LogP contribution >= 0.6 is 27.7 Å². The van der Waals surface area contributed by atoms with E-state index in [4.69, 9.17) is 0 Å². The smallest absolute Gasteiger partial charge is 0.229 e. The molecule has 0 saturated carbocycles. The van der Waals surface area contributed by atoms with Crippen LogP contribution in [0, 0.1) is 0 Å². The lowest BCUT2D eigenvalue weighted by molar-refractivity contribution is 0.767. The number of aromatic nitrogens is 2. The van der Waals surface area contributed by atoms with Gasteiger partial charge in [0, 0.05) is 26.9 Å². The van der Waals surface area contributed by atoms with Gasteiger partial charge in [0.2, 0.25) is 5.95 Å². The third-order valence-corrected chi connectivity index (χ3v) is 5.76. The second-order valence-corrected chi connectivity index (χ2v) is 8.27. The molecule has 0 amide bonds. The third-order valence-electron chi connectivity index (χ3n) is 4.33. The number of nitrogens with zero attached hydrogens (tertiary/aromatic N) is 2. The van der Waals surface area contributed by atoms with Crippen LogP contribution in [0.2, 0.25) is 0 Å². The lowest BCUT2D eigenvalue weighted by atomic mass is 9.97. The van der Waals surface area contributed by atoms with E-state index in [-0.39, 0.29) is 0 Å². The zero-order valence-corrected chi connectivity index (χ0v) is 17.2. The normalized spacial score (nSPS) is 15.7. The SMILES string of the molecule is CC1CC=CSc2cc(Nc3ccnc(Nc4cccc(Br)c4)n3)ccc21. The van der Waals surface area contributed by atoms with Crippen molar-refractivity contribution in [3.05, 3.63) is 76.2 Å². The van der Waals surface area contributed by atoms with Gasteiger partial charge in [0.15, 0.2) is 0 Å². The molecule has 0 aliphatic carbocycles. The Morgan fingerprint density at radius 1 is 1.07 bits per heavy atom. The Bertz CT molecular complexity index is 989. The van der Waals surface area contributed by atoms with E-state index in [0.29, 0.717) is 11.9 Å². The maximum atomic E-state index is 4.57. The molecular weight excluding hydrogens is 420 g/mol. The second-order valence-electron chi connectivity index (χ2n) is 6.40. The lowest BCUT2D eigenvalue weighted by Crippen LogP contribution is -2.01. The van der Waals surface area contributed by atoms with E-state index in [1.807, 2.05) is 30.3 Å². The van der Waals surface area contributed by atoms with Gasteiger partial charge in [-0.1, -0.05) is 52.8 Å². The predicted molar refractivity (Wildman–Crippen MR) is 117 cm³/mol. The van der Waals surface area contributed by atoms with Crippen molar-refractivity contribution in [1.82, 2.24) is 9.97 Å². The van der Waals surface area contributed by atoms with Crippen molar-refractivity contribution in [2.24, 2.45) is 0 Å². The molecule has 1 aliphatic rings. The summed E-state index contributed by atoms with van der Waals surface area (Å²) in [4.78, 5) is 10.2. The minimum atomic E-state index is 0.542. The fourth-order valence-corrected chi connectivity index (χ4v) is 4.31. The number of allylic oxidation sites excluding steroid dienone is 1. The summed E-state index contributed by atoms with van der Waals surface area (Å²) in [6, 6.07) is 16.3. The summed E-state index contributed by atoms with van der Waals surface area (Å²) in [5.74, 6) is 1.85. The van der Waals surface area contributed by atoms with Gasteiger partial charge in [-0.05, 0) is 59.7 Å². The Balaban J connectivity index is 1.53. The summed E-state index contributed by atoms with van der Waals surface area (Å²) in [6.45, 7) is 2.27. The summed E-state index contributed by atoms with van der Waals surface area (Å²) < 4.78 is 1.01. The van der Waals surface area contributed by atoms with Crippen molar-refractivity contribution in [3.8, 4) is 0 Å². The first-order chi connectivity index (χ1) is 13.2. The van der Waals surface area contributed by atoms with Crippen molar-refractivity contribution < 1.29 is 0 Å². The average molecular weight is 439 g/mol. The number of anilines is 4. The number of fused-ring (bicyclic) bond motifs is 1. The van der Waals surface area contributed by atoms with Crippen LogP contribution in [-0.4, -0.2) is 9.97 Å². The maximum Gasteiger partial charge on any atom is 0.229 e. The molecule has 2 heterocycles. The number of hydrogen-bond acceptors (Lipinski definition) is 5. The highest BCUT2D eigenvalue weighted by atomic mass is 79.9.